The van der Waals surface area contributed by atoms with Crippen molar-refractivity contribution in [2.45, 2.75) is 4.90 Å². The van der Waals surface area contributed by atoms with Crippen LogP contribution in [0.2, 0.25) is 0 Å². The largest absolute Gasteiger partial charge is 0.470 e. The number of hydrogen-bond donors (Lipinski definition) is 1. The van der Waals surface area contributed by atoms with Gasteiger partial charge in [-0.2, -0.15) is 4.39 Å². The molecular formula is C15H11FN2O3S. The van der Waals surface area contributed by atoms with E-state index < -0.39 is 16.0 Å². The first-order chi connectivity index (χ1) is 10.6. The molecule has 2 aromatic heterocycles. The third kappa shape index (κ3) is 2.84. The van der Waals surface area contributed by atoms with Crippen molar-refractivity contribution in [1.29, 1.82) is 0 Å². The van der Waals surface area contributed by atoms with Crippen molar-refractivity contribution < 1.29 is 17.2 Å². The highest BCUT2D eigenvalue weighted by molar-refractivity contribution is 7.92. The highest BCUT2D eigenvalue weighted by Gasteiger charge is 2.17. The van der Waals surface area contributed by atoms with Crippen molar-refractivity contribution in [1.82, 2.24) is 4.98 Å². The van der Waals surface area contributed by atoms with Gasteiger partial charge in [-0.1, -0.05) is 18.2 Å². The number of furan rings is 1. The maximum atomic E-state index is 12.9. The van der Waals surface area contributed by atoms with E-state index in [1.165, 1.54) is 43.0 Å². The van der Waals surface area contributed by atoms with Crippen LogP contribution in [0.15, 0.2) is 70.5 Å². The molecule has 1 N–H and O–H groups in total. The molecule has 112 valence electrons. The van der Waals surface area contributed by atoms with Crippen LogP contribution >= 0.6 is 0 Å². The lowest BCUT2D eigenvalue weighted by atomic mass is 10.1. The zero-order valence-corrected chi connectivity index (χ0v) is 12.0. The minimum atomic E-state index is -3.73. The summed E-state index contributed by atoms with van der Waals surface area (Å²) >= 11 is 0. The zero-order chi connectivity index (χ0) is 15.6. The van der Waals surface area contributed by atoms with Crippen LogP contribution in [0.25, 0.3) is 11.1 Å². The van der Waals surface area contributed by atoms with Crippen molar-refractivity contribution >= 4 is 15.7 Å². The van der Waals surface area contributed by atoms with Crippen LogP contribution in [0.5, 0.6) is 0 Å². The Labute approximate surface area is 126 Å². The molecule has 3 rings (SSSR count). The molecule has 0 saturated heterocycles. The second-order valence-corrected chi connectivity index (χ2v) is 6.17. The smallest absolute Gasteiger partial charge is 0.262 e. The van der Waals surface area contributed by atoms with E-state index in [4.69, 9.17) is 4.42 Å². The Morgan fingerprint density at radius 1 is 1.05 bits per heavy atom. The first kappa shape index (κ1) is 14.3. The van der Waals surface area contributed by atoms with Gasteiger partial charge in [0.1, 0.15) is 12.5 Å². The molecule has 0 atom stereocenters. The highest BCUT2D eigenvalue weighted by atomic mass is 32.2. The lowest BCUT2D eigenvalue weighted by Crippen LogP contribution is -2.12. The van der Waals surface area contributed by atoms with E-state index in [-0.39, 0.29) is 10.6 Å². The number of pyridine rings is 1. The van der Waals surface area contributed by atoms with Gasteiger partial charge in [-0.25, -0.2) is 13.4 Å². The molecule has 0 amide bonds. The third-order valence-corrected chi connectivity index (χ3v) is 4.38. The molecule has 3 aromatic rings. The van der Waals surface area contributed by atoms with Gasteiger partial charge in [0.2, 0.25) is 5.95 Å². The average molecular weight is 318 g/mol. The van der Waals surface area contributed by atoms with E-state index in [9.17, 15) is 12.8 Å². The number of hydrogen-bond acceptors (Lipinski definition) is 4. The molecule has 1 aromatic carbocycles. The van der Waals surface area contributed by atoms with Crippen LogP contribution in [0.4, 0.5) is 10.1 Å². The molecule has 22 heavy (non-hydrogen) atoms. The van der Waals surface area contributed by atoms with Crippen molar-refractivity contribution in [2.75, 3.05) is 4.72 Å². The summed E-state index contributed by atoms with van der Waals surface area (Å²) in [4.78, 5) is 3.68. The topological polar surface area (TPSA) is 72.2 Å². The molecular weight excluding hydrogens is 307 g/mol. The molecule has 0 bridgehead atoms. The van der Waals surface area contributed by atoms with E-state index in [2.05, 4.69) is 9.71 Å². The van der Waals surface area contributed by atoms with Gasteiger partial charge in [0, 0.05) is 17.3 Å². The number of rotatable bonds is 4. The Kier molecular flexibility index (Phi) is 3.64. The fraction of sp³-hybridized carbons (Fsp3) is 0. The summed E-state index contributed by atoms with van der Waals surface area (Å²) in [5.41, 5.74) is 1.28. The summed E-state index contributed by atoms with van der Waals surface area (Å²) in [5, 5.41) is 0. The van der Waals surface area contributed by atoms with Crippen molar-refractivity contribution in [3.05, 3.63) is 67.1 Å². The number of halogens is 1. The summed E-state index contributed by atoms with van der Waals surface area (Å²) in [7, 11) is -3.73. The van der Waals surface area contributed by atoms with Crippen LogP contribution in [0, 0.1) is 5.95 Å². The number of aromatic nitrogens is 1. The van der Waals surface area contributed by atoms with Gasteiger partial charge in [0.25, 0.3) is 10.0 Å². The number of anilines is 1. The number of benzene rings is 1. The second kappa shape index (κ2) is 5.61. The number of sulfonamides is 1. The van der Waals surface area contributed by atoms with Crippen LogP contribution in [0.1, 0.15) is 0 Å². The number of nitrogens with zero attached hydrogens (tertiary/aromatic N) is 1. The minimum Gasteiger partial charge on any atom is -0.470 e. The Bertz CT molecular complexity index is 875. The van der Waals surface area contributed by atoms with E-state index in [1.807, 2.05) is 0 Å². The van der Waals surface area contributed by atoms with Gasteiger partial charge < -0.3 is 4.42 Å². The van der Waals surface area contributed by atoms with Gasteiger partial charge in [0.05, 0.1) is 10.6 Å². The first-order valence-electron chi connectivity index (χ1n) is 6.32. The van der Waals surface area contributed by atoms with Gasteiger partial charge in [-0.15, -0.1) is 0 Å². The molecule has 0 saturated carbocycles. The quantitative estimate of drug-likeness (QED) is 0.749. The van der Waals surface area contributed by atoms with E-state index in [1.54, 1.807) is 18.2 Å². The molecule has 0 unspecified atom stereocenters. The summed E-state index contributed by atoms with van der Waals surface area (Å²) in [5.74, 6) is -0.612. The molecule has 5 nitrogen and oxygen atoms in total. The van der Waals surface area contributed by atoms with Crippen LogP contribution in [-0.2, 0) is 10.0 Å². The molecule has 0 aliphatic heterocycles. The van der Waals surface area contributed by atoms with Crippen molar-refractivity contribution in [3.63, 3.8) is 0 Å². The highest BCUT2D eigenvalue weighted by Crippen LogP contribution is 2.30. The summed E-state index contributed by atoms with van der Waals surface area (Å²) < 4.78 is 45.0. The molecule has 0 aliphatic rings. The molecule has 0 fully saturated rings. The molecule has 2 heterocycles. The fourth-order valence-electron chi connectivity index (χ4n) is 1.94. The maximum Gasteiger partial charge on any atom is 0.262 e. The molecule has 0 radical (unpaired) electrons. The summed E-state index contributed by atoms with van der Waals surface area (Å²) in [6.07, 6.45) is 3.96. The minimum absolute atomic E-state index is 0.138. The fourth-order valence-corrected chi connectivity index (χ4v) is 3.02. The van der Waals surface area contributed by atoms with Gasteiger partial charge in [-0.05, 0) is 24.3 Å². The second-order valence-electron chi connectivity index (χ2n) is 4.49. The monoisotopic (exact) mass is 318 g/mol. The van der Waals surface area contributed by atoms with Crippen molar-refractivity contribution in [3.8, 4) is 11.1 Å². The normalized spacial score (nSPS) is 11.3. The Hall–Kier alpha value is -2.67. The van der Waals surface area contributed by atoms with Gasteiger partial charge in [-0.3, -0.25) is 4.72 Å². The lowest BCUT2D eigenvalue weighted by molar-refractivity contribution is 0.568. The summed E-state index contributed by atoms with van der Waals surface area (Å²) in [6, 6.07) is 10.7. The lowest BCUT2D eigenvalue weighted by Gasteiger charge is -2.08. The van der Waals surface area contributed by atoms with Crippen LogP contribution in [0.3, 0.4) is 0 Å². The van der Waals surface area contributed by atoms with Crippen LogP contribution in [-0.4, -0.2) is 13.4 Å². The van der Waals surface area contributed by atoms with Gasteiger partial charge in [0.15, 0.2) is 0 Å². The van der Waals surface area contributed by atoms with E-state index in [0.29, 0.717) is 11.1 Å². The van der Waals surface area contributed by atoms with E-state index in [0.717, 1.165) is 0 Å². The number of nitrogens with one attached hydrogen (secondary N) is 1. The predicted molar refractivity (Wildman–Crippen MR) is 79.1 cm³/mol. The van der Waals surface area contributed by atoms with Crippen molar-refractivity contribution in [2.24, 2.45) is 0 Å². The molecule has 0 spiro atoms. The standard InChI is InChI=1S/C15H11FN2O3S/c16-15-7-6-11(8-17-15)13-9-21-10-14(13)18-22(19,20)12-4-2-1-3-5-12/h1-10,18H. The Morgan fingerprint density at radius 2 is 1.82 bits per heavy atom. The Morgan fingerprint density at radius 3 is 2.50 bits per heavy atom. The SMILES string of the molecule is O=S(=O)(Nc1cocc1-c1ccc(F)nc1)c1ccccc1. The van der Waals surface area contributed by atoms with E-state index >= 15 is 0 Å². The van der Waals surface area contributed by atoms with Crippen LogP contribution < -0.4 is 4.72 Å². The predicted octanol–water partition coefficient (Wildman–Crippen LogP) is 3.28. The van der Waals surface area contributed by atoms with Gasteiger partial charge >= 0.3 is 0 Å². The average Bonchev–Trinajstić information content (AvgIpc) is 2.96. The first-order valence-corrected chi connectivity index (χ1v) is 7.80. The molecule has 0 aliphatic carbocycles. The zero-order valence-electron chi connectivity index (χ0n) is 11.2. The summed E-state index contributed by atoms with van der Waals surface area (Å²) in [6.45, 7) is 0. The maximum absolute atomic E-state index is 12.9. The Balaban J connectivity index is 1.95. The third-order valence-electron chi connectivity index (χ3n) is 3.00. The molecule has 7 heteroatoms.